The highest BCUT2D eigenvalue weighted by atomic mass is 16.5. The molecular weight excluding hydrogens is 314 g/mol. The van der Waals surface area contributed by atoms with E-state index in [1.807, 2.05) is 0 Å². The highest BCUT2D eigenvalue weighted by molar-refractivity contribution is 6.03. The van der Waals surface area contributed by atoms with Gasteiger partial charge in [0.15, 0.2) is 5.82 Å². The van der Waals surface area contributed by atoms with Crippen molar-refractivity contribution in [3.8, 4) is 0 Å². The van der Waals surface area contributed by atoms with Crippen LogP contribution in [0.5, 0.6) is 0 Å². The zero-order valence-corrected chi connectivity index (χ0v) is 12.9. The van der Waals surface area contributed by atoms with E-state index in [1.54, 1.807) is 17.2 Å². The molecule has 24 heavy (non-hydrogen) atoms. The first-order valence-electron chi connectivity index (χ1n) is 7.51. The molecule has 2 amide bonds. The lowest BCUT2D eigenvalue weighted by molar-refractivity contribution is -0.136. The molecule has 0 bridgehead atoms. The summed E-state index contributed by atoms with van der Waals surface area (Å²) in [4.78, 5) is 39.6. The topological polar surface area (TPSA) is 109 Å². The van der Waals surface area contributed by atoms with Crippen LogP contribution in [0.25, 0.3) is 0 Å². The van der Waals surface area contributed by atoms with Crippen LogP contribution in [-0.4, -0.2) is 57.8 Å². The molecule has 0 aromatic carbocycles. The first-order chi connectivity index (χ1) is 11.6. The van der Waals surface area contributed by atoms with Crippen LogP contribution < -0.4 is 10.9 Å². The molecule has 2 aromatic heterocycles. The predicted octanol–water partition coefficient (Wildman–Crippen LogP) is -0.317. The van der Waals surface area contributed by atoms with Crippen LogP contribution >= 0.6 is 0 Å². The average Bonchev–Trinajstić information content (AvgIpc) is 3.02. The number of nitrogens with one attached hydrogen (secondary N) is 2. The Hall–Kier alpha value is -2.94. The van der Waals surface area contributed by atoms with Gasteiger partial charge in [-0.15, -0.1) is 0 Å². The van der Waals surface area contributed by atoms with Gasteiger partial charge in [0, 0.05) is 43.2 Å². The van der Waals surface area contributed by atoms with Crippen molar-refractivity contribution in [3.63, 3.8) is 0 Å². The minimum absolute atomic E-state index is 0.0473. The van der Waals surface area contributed by atoms with Gasteiger partial charge in [0.25, 0.3) is 5.91 Å². The highest BCUT2D eigenvalue weighted by Crippen LogP contribution is 2.06. The number of nitrogens with zero attached hydrogens (tertiary/aromatic N) is 3. The van der Waals surface area contributed by atoms with Crippen molar-refractivity contribution in [2.24, 2.45) is 0 Å². The van der Waals surface area contributed by atoms with Crippen LogP contribution in [0, 0.1) is 0 Å². The van der Waals surface area contributed by atoms with Gasteiger partial charge in [-0.2, -0.15) is 5.10 Å². The van der Waals surface area contributed by atoms with E-state index < -0.39 is 5.91 Å². The largest absolute Gasteiger partial charge is 0.378 e. The molecule has 1 fully saturated rings. The minimum atomic E-state index is -0.439. The van der Waals surface area contributed by atoms with E-state index in [1.165, 1.54) is 23.0 Å². The number of hydrogen-bond acceptors (Lipinski definition) is 5. The van der Waals surface area contributed by atoms with Crippen LogP contribution in [0.2, 0.25) is 0 Å². The number of hydrogen-bond donors (Lipinski definition) is 2. The van der Waals surface area contributed by atoms with Gasteiger partial charge in [0.1, 0.15) is 6.54 Å². The molecule has 1 saturated heterocycles. The number of carbonyl (C=O) groups excluding carboxylic acids is 2. The monoisotopic (exact) mass is 331 g/mol. The van der Waals surface area contributed by atoms with Gasteiger partial charge in [-0.1, -0.05) is 0 Å². The first kappa shape index (κ1) is 15.9. The van der Waals surface area contributed by atoms with Crippen LogP contribution in [-0.2, 0) is 16.1 Å². The van der Waals surface area contributed by atoms with E-state index in [0.29, 0.717) is 32.1 Å². The summed E-state index contributed by atoms with van der Waals surface area (Å²) in [7, 11) is 0. The highest BCUT2D eigenvalue weighted by Gasteiger charge is 2.17. The first-order valence-corrected chi connectivity index (χ1v) is 7.51. The number of amides is 2. The van der Waals surface area contributed by atoms with Crippen LogP contribution in [0.4, 0.5) is 5.82 Å². The number of rotatable bonds is 4. The lowest BCUT2D eigenvalue weighted by Crippen LogP contribution is -2.42. The third-order valence-corrected chi connectivity index (χ3v) is 3.58. The van der Waals surface area contributed by atoms with E-state index in [9.17, 15) is 14.4 Å². The maximum atomic E-state index is 12.1. The predicted molar refractivity (Wildman–Crippen MR) is 84.6 cm³/mol. The smallest absolute Gasteiger partial charge is 0.257 e. The fraction of sp³-hybridized carbons (Fsp3) is 0.333. The van der Waals surface area contributed by atoms with Gasteiger partial charge in [0.2, 0.25) is 11.5 Å². The molecular formula is C15H17N5O4. The molecule has 1 aliphatic rings. The van der Waals surface area contributed by atoms with Crippen LogP contribution in [0.1, 0.15) is 10.4 Å². The fourth-order valence-corrected chi connectivity index (χ4v) is 2.34. The zero-order chi connectivity index (χ0) is 16.9. The Morgan fingerprint density at radius 2 is 2.08 bits per heavy atom. The molecule has 0 atom stereocenters. The van der Waals surface area contributed by atoms with E-state index in [-0.39, 0.29) is 23.6 Å². The van der Waals surface area contributed by atoms with Crippen molar-refractivity contribution in [2.45, 2.75) is 6.54 Å². The maximum Gasteiger partial charge on any atom is 0.257 e. The Morgan fingerprint density at radius 1 is 1.29 bits per heavy atom. The summed E-state index contributed by atoms with van der Waals surface area (Å²) in [5.74, 6) is -0.171. The Bertz CT molecular complexity index is 791. The van der Waals surface area contributed by atoms with Crippen molar-refractivity contribution in [1.29, 1.82) is 0 Å². The van der Waals surface area contributed by atoms with Gasteiger partial charge in [0.05, 0.1) is 13.2 Å². The van der Waals surface area contributed by atoms with Crippen LogP contribution in [0.15, 0.2) is 35.4 Å². The molecule has 0 spiro atoms. The van der Waals surface area contributed by atoms with Gasteiger partial charge in [-0.05, 0) is 6.07 Å². The second-order valence-electron chi connectivity index (χ2n) is 5.29. The fourth-order valence-electron chi connectivity index (χ4n) is 2.34. The summed E-state index contributed by atoms with van der Waals surface area (Å²) < 4.78 is 6.67. The molecule has 126 valence electrons. The number of morpholine rings is 1. The molecule has 9 heteroatoms. The van der Waals surface area contributed by atoms with E-state index in [0.717, 1.165) is 0 Å². The summed E-state index contributed by atoms with van der Waals surface area (Å²) in [6, 6.07) is 4.29. The number of carbonyl (C=O) groups is 2. The summed E-state index contributed by atoms with van der Waals surface area (Å²) in [5, 5.41) is 6.74. The van der Waals surface area contributed by atoms with E-state index >= 15 is 0 Å². The SMILES string of the molecule is O=C(Nc1ccn(CC(=O)N2CCOCC2)n1)c1cc[nH]c(=O)c1. The standard InChI is InChI=1S/C15H17N5O4/c21-13-9-11(1-3-16-13)15(23)17-12-2-4-20(18-12)10-14(22)19-5-7-24-8-6-19/h1-4,9H,5-8,10H2,(H,16,21)(H,17,18,23). The number of H-pyrrole nitrogens is 1. The number of anilines is 1. The molecule has 3 heterocycles. The van der Waals surface area contributed by atoms with E-state index in [2.05, 4.69) is 15.4 Å². The Labute approximate surface area is 137 Å². The van der Waals surface area contributed by atoms with Gasteiger partial charge < -0.3 is 19.9 Å². The van der Waals surface area contributed by atoms with Crippen molar-refractivity contribution in [3.05, 3.63) is 46.5 Å². The summed E-state index contributed by atoms with van der Waals surface area (Å²) >= 11 is 0. The molecule has 0 unspecified atom stereocenters. The Morgan fingerprint density at radius 3 is 2.83 bits per heavy atom. The van der Waals surface area contributed by atoms with Crippen molar-refractivity contribution in [1.82, 2.24) is 19.7 Å². The van der Waals surface area contributed by atoms with Crippen molar-refractivity contribution < 1.29 is 14.3 Å². The normalized spacial score (nSPS) is 14.4. The Balaban J connectivity index is 1.60. The molecule has 2 N–H and O–H groups in total. The van der Waals surface area contributed by atoms with Crippen molar-refractivity contribution in [2.75, 3.05) is 31.6 Å². The van der Waals surface area contributed by atoms with Gasteiger partial charge in [-0.3, -0.25) is 19.1 Å². The number of aromatic amines is 1. The number of pyridine rings is 1. The van der Waals surface area contributed by atoms with Gasteiger partial charge >= 0.3 is 0 Å². The zero-order valence-electron chi connectivity index (χ0n) is 12.9. The summed E-state index contributed by atoms with van der Waals surface area (Å²) in [6.45, 7) is 2.34. The third-order valence-electron chi connectivity index (χ3n) is 3.58. The Kier molecular flexibility index (Phi) is 4.71. The quantitative estimate of drug-likeness (QED) is 0.798. The third kappa shape index (κ3) is 3.87. The molecule has 0 saturated carbocycles. The molecule has 2 aromatic rings. The molecule has 3 rings (SSSR count). The number of aromatic nitrogens is 3. The number of ether oxygens (including phenoxy) is 1. The average molecular weight is 331 g/mol. The molecule has 0 aliphatic carbocycles. The van der Waals surface area contributed by atoms with Crippen molar-refractivity contribution >= 4 is 17.6 Å². The van der Waals surface area contributed by atoms with Gasteiger partial charge in [-0.25, -0.2) is 0 Å². The maximum absolute atomic E-state index is 12.1. The summed E-state index contributed by atoms with van der Waals surface area (Å²) in [6.07, 6.45) is 3.02. The van der Waals surface area contributed by atoms with E-state index in [4.69, 9.17) is 4.74 Å². The molecule has 1 aliphatic heterocycles. The molecule has 9 nitrogen and oxygen atoms in total. The second kappa shape index (κ2) is 7.09. The lowest BCUT2D eigenvalue weighted by atomic mass is 10.2. The van der Waals surface area contributed by atoms with Crippen LogP contribution in [0.3, 0.4) is 0 Å². The minimum Gasteiger partial charge on any atom is -0.378 e. The lowest BCUT2D eigenvalue weighted by Gasteiger charge is -2.26. The molecule has 0 radical (unpaired) electrons. The second-order valence-corrected chi connectivity index (χ2v) is 5.29. The summed E-state index contributed by atoms with van der Waals surface area (Å²) in [5.41, 5.74) is -0.123.